The van der Waals surface area contributed by atoms with Gasteiger partial charge in [0.15, 0.2) is 5.60 Å². The van der Waals surface area contributed by atoms with Crippen molar-refractivity contribution < 1.29 is 9.52 Å². The van der Waals surface area contributed by atoms with Gasteiger partial charge in [0.05, 0.1) is 0 Å². The molecule has 0 aliphatic carbocycles. The fourth-order valence-electron chi connectivity index (χ4n) is 2.44. The smallest absolute Gasteiger partial charge is 0.159 e. The van der Waals surface area contributed by atoms with E-state index in [1.54, 1.807) is 0 Å². The van der Waals surface area contributed by atoms with Gasteiger partial charge < -0.3 is 15.3 Å². The lowest BCUT2D eigenvalue weighted by Gasteiger charge is -2.24. The zero-order chi connectivity index (χ0) is 14.2. The molecule has 1 aromatic heterocycles. The molecule has 3 rings (SSSR count). The number of rotatable bonds is 3. The van der Waals surface area contributed by atoms with Crippen molar-refractivity contribution in [3.63, 3.8) is 0 Å². The number of fused-ring (bicyclic) bond motifs is 1. The quantitative estimate of drug-likeness (QED) is 0.767. The molecule has 1 heterocycles. The second-order valence-corrected chi connectivity index (χ2v) is 5.08. The highest BCUT2D eigenvalue weighted by Gasteiger charge is 2.33. The molecule has 0 aliphatic rings. The molecule has 20 heavy (non-hydrogen) atoms. The summed E-state index contributed by atoms with van der Waals surface area (Å²) in [4.78, 5) is 0. The van der Waals surface area contributed by atoms with Crippen LogP contribution in [0.25, 0.3) is 11.0 Å². The van der Waals surface area contributed by atoms with Crippen LogP contribution in [0.3, 0.4) is 0 Å². The summed E-state index contributed by atoms with van der Waals surface area (Å²) in [5.74, 6) is 0.479. The molecule has 102 valence electrons. The standard InChI is InChI=1S/C17H17NO2/c1-12-7-8-15-13(9-12)10-16(20-15)17(19,11-18)14-5-3-2-4-6-14/h2-10,19H,11,18H2,1H3. The Morgan fingerprint density at radius 3 is 2.55 bits per heavy atom. The molecule has 0 saturated carbocycles. The van der Waals surface area contributed by atoms with Crippen LogP contribution < -0.4 is 5.73 Å². The van der Waals surface area contributed by atoms with E-state index in [-0.39, 0.29) is 6.54 Å². The lowest BCUT2D eigenvalue weighted by molar-refractivity contribution is 0.0675. The van der Waals surface area contributed by atoms with Crippen LogP contribution in [-0.4, -0.2) is 11.7 Å². The van der Waals surface area contributed by atoms with E-state index in [1.165, 1.54) is 0 Å². The molecule has 0 amide bonds. The Hall–Kier alpha value is -2.10. The largest absolute Gasteiger partial charge is 0.458 e. The number of hydrogen-bond donors (Lipinski definition) is 2. The minimum Gasteiger partial charge on any atom is -0.458 e. The van der Waals surface area contributed by atoms with Crippen LogP contribution in [0.15, 0.2) is 59.0 Å². The van der Waals surface area contributed by atoms with Crippen molar-refractivity contribution in [1.29, 1.82) is 0 Å². The second kappa shape index (κ2) is 4.78. The molecular weight excluding hydrogens is 250 g/mol. The molecule has 0 spiro atoms. The zero-order valence-electron chi connectivity index (χ0n) is 11.3. The van der Waals surface area contributed by atoms with E-state index in [2.05, 4.69) is 0 Å². The van der Waals surface area contributed by atoms with E-state index in [4.69, 9.17) is 10.2 Å². The van der Waals surface area contributed by atoms with Crippen LogP contribution in [0.4, 0.5) is 0 Å². The van der Waals surface area contributed by atoms with Gasteiger partial charge in [-0.25, -0.2) is 0 Å². The molecule has 3 heteroatoms. The molecular formula is C17H17NO2. The number of hydrogen-bond acceptors (Lipinski definition) is 3. The van der Waals surface area contributed by atoms with Gasteiger partial charge in [-0.05, 0) is 30.7 Å². The third-order valence-electron chi connectivity index (χ3n) is 3.63. The van der Waals surface area contributed by atoms with E-state index >= 15 is 0 Å². The molecule has 0 bridgehead atoms. The van der Waals surface area contributed by atoms with Gasteiger partial charge in [-0.1, -0.05) is 42.0 Å². The zero-order valence-corrected chi connectivity index (χ0v) is 11.3. The van der Waals surface area contributed by atoms with Gasteiger partial charge in [-0.3, -0.25) is 0 Å². The van der Waals surface area contributed by atoms with Crippen molar-refractivity contribution in [2.24, 2.45) is 5.73 Å². The molecule has 2 aromatic carbocycles. The lowest BCUT2D eigenvalue weighted by Crippen LogP contribution is -2.35. The molecule has 3 nitrogen and oxygen atoms in total. The van der Waals surface area contributed by atoms with Crippen LogP contribution in [0, 0.1) is 6.92 Å². The Labute approximate surface area is 117 Å². The van der Waals surface area contributed by atoms with Gasteiger partial charge in [-0.2, -0.15) is 0 Å². The summed E-state index contributed by atoms with van der Waals surface area (Å²) in [5, 5.41) is 11.9. The first-order chi connectivity index (χ1) is 9.63. The fraction of sp³-hybridized carbons (Fsp3) is 0.176. The molecule has 1 atom stereocenters. The number of aryl methyl sites for hydroxylation is 1. The van der Waals surface area contributed by atoms with Crippen molar-refractivity contribution in [2.75, 3.05) is 6.54 Å². The van der Waals surface area contributed by atoms with Gasteiger partial charge in [0.25, 0.3) is 0 Å². The van der Waals surface area contributed by atoms with E-state index in [0.717, 1.165) is 22.1 Å². The Morgan fingerprint density at radius 2 is 1.85 bits per heavy atom. The summed E-state index contributed by atoms with van der Waals surface area (Å²) in [6.45, 7) is 2.09. The predicted octanol–water partition coefficient (Wildman–Crippen LogP) is 2.94. The number of furan rings is 1. The summed E-state index contributed by atoms with van der Waals surface area (Å²) in [6.07, 6.45) is 0. The van der Waals surface area contributed by atoms with Crippen molar-refractivity contribution >= 4 is 11.0 Å². The number of nitrogens with two attached hydrogens (primary N) is 1. The maximum absolute atomic E-state index is 10.9. The maximum Gasteiger partial charge on any atom is 0.159 e. The maximum atomic E-state index is 10.9. The van der Waals surface area contributed by atoms with Crippen molar-refractivity contribution in [1.82, 2.24) is 0 Å². The van der Waals surface area contributed by atoms with Crippen LogP contribution in [0.1, 0.15) is 16.9 Å². The third-order valence-corrected chi connectivity index (χ3v) is 3.63. The predicted molar refractivity (Wildman–Crippen MR) is 79.4 cm³/mol. The van der Waals surface area contributed by atoms with E-state index in [9.17, 15) is 5.11 Å². The molecule has 0 fully saturated rings. The summed E-state index contributed by atoms with van der Waals surface area (Å²) < 4.78 is 5.80. The molecule has 3 N–H and O–H groups in total. The van der Waals surface area contributed by atoms with Gasteiger partial charge in [0, 0.05) is 11.9 Å². The highest BCUT2D eigenvalue weighted by Crippen LogP contribution is 2.33. The summed E-state index contributed by atoms with van der Waals surface area (Å²) >= 11 is 0. The summed E-state index contributed by atoms with van der Waals surface area (Å²) in [5.41, 5.74) is 7.16. The molecule has 0 saturated heterocycles. The van der Waals surface area contributed by atoms with Crippen molar-refractivity contribution in [3.05, 3.63) is 71.5 Å². The summed E-state index contributed by atoms with van der Waals surface area (Å²) in [6, 6.07) is 17.2. The average Bonchev–Trinajstić information content (AvgIpc) is 2.90. The Morgan fingerprint density at radius 1 is 1.10 bits per heavy atom. The molecule has 1 unspecified atom stereocenters. The van der Waals surface area contributed by atoms with Gasteiger partial charge in [-0.15, -0.1) is 0 Å². The lowest BCUT2D eigenvalue weighted by atomic mass is 9.91. The highest BCUT2D eigenvalue weighted by atomic mass is 16.4. The average molecular weight is 267 g/mol. The van der Waals surface area contributed by atoms with Crippen molar-refractivity contribution in [2.45, 2.75) is 12.5 Å². The SMILES string of the molecule is Cc1ccc2oc(C(O)(CN)c3ccccc3)cc2c1. The second-order valence-electron chi connectivity index (χ2n) is 5.08. The minimum absolute atomic E-state index is 0.0653. The monoisotopic (exact) mass is 267 g/mol. The van der Waals surface area contributed by atoms with Crippen molar-refractivity contribution in [3.8, 4) is 0 Å². The highest BCUT2D eigenvalue weighted by molar-refractivity contribution is 5.79. The van der Waals surface area contributed by atoms with Gasteiger partial charge in [0.1, 0.15) is 11.3 Å². The van der Waals surface area contributed by atoms with Crippen LogP contribution in [0.5, 0.6) is 0 Å². The van der Waals surface area contributed by atoms with E-state index < -0.39 is 5.60 Å². The first-order valence-corrected chi connectivity index (χ1v) is 6.62. The Balaban J connectivity index is 2.16. The van der Waals surface area contributed by atoms with E-state index in [1.807, 2.05) is 61.5 Å². The minimum atomic E-state index is -1.30. The molecule has 0 radical (unpaired) electrons. The van der Waals surface area contributed by atoms with Crippen LogP contribution >= 0.6 is 0 Å². The van der Waals surface area contributed by atoms with Crippen LogP contribution in [-0.2, 0) is 5.60 Å². The Kier molecular flexibility index (Phi) is 3.08. The van der Waals surface area contributed by atoms with Gasteiger partial charge >= 0.3 is 0 Å². The number of benzene rings is 2. The Bertz CT molecular complexity index is 733. The van der Waals surface area contributed by atoms with Gasteiger partial charge in [0.2, 0.25) is 0 Å². The molecule has 3 aromatic rings. The first-order valence-electron chi connectivity index (χ1n) is 6.62. The third kappa shape index (κ3) is 2.01. The normalized spacial score (nSPS) is 14.3. The van der Waals surface area contributed by atoms with Crippen LogP contribution in [0.2, 0.25) is 0 Å². The first kappa shape index (κ1) is 12.9. The topological polar surface area (TPSA) is 59.4 Å². The van der Waals surface area contributed by atoms with E-state index in [0.29, 0.717) is 5.76 Å². The molecule has 0 aliphatic heterocycles. The fourth-order valence-corrected chi connectivity index (χ4v) is 2.44. The number of aliphatic hydroxyl groups is 1. The summed E-state index contributed by atoms with van der Waals surface area (Å²) in [7, 11) is 0.